The maximum Gasteiger partial charge on any atom is 0.166 e. The quantitative estimate of drug-likeness (QED) is 0.619. The van der Waals surface area contributed by atoms with E-state index in [0.717, 1.165) is 24.0 Å². The highest BCUT2D eigenvalue weighted by Crippen LogP contribution is 2.33. The number of benzene rings is 1. The van der Waals surface area contributed by atoms with Crippen LogP contribution in [0.4, 0.5) is 0 Å². The highest BCUT2D eigenvalue weighted by molar-refractivity contribution is 6.08. The van der Waals surface area contributed by atoms with Gasteiger partial charge >= 0.3 is 0 Å². The number of aliphatic hydroxyl groups excluding tert-OH is 1. The Kier molecular flexibility index (Phi) is 5.45. The molecule has 1 aromatic carbocycles. The van der Waals surface area contributed by atoms with Gasteiger partial charge < -0.3 is 5.11 Å². The minimum atomic E-state index is -0.493. The third kappa shape index (κ3) is 4.36. The highest BCUT2D eigenvalue weighted by Gasteiger charge is 2.28. The van der Waals surface area contributed by atoms with E-state index in [4.69, 9.17) is 5.11 Å². The maximum absolute atomic E-state index is 12.2. The molecular formula is C18H22O3. The van der Waals surface area contributed by atoms with Gasteiger partial charge in [0.1, 0.15) is 5.78 Å². The fourth-order valence-corrected chi connectivity index (χ4v) is 2.63. The average Bonchev–Trinajstić information content (AvgIpc) is 2.43. The summed E-state index contributed by atoms with van der Waals surface area (Å²) < 4.78 is 0. The summed E-state index contributed by atoms with van der Waals surface area (Å²) in [7, 11) is 0. The molecule has 0 aromatic heterocycles. The Balaban J connectivity index is 2.02. The molecule has 1 unspecified atom stereocenters. The molecule has 0 radical (unpaired) electrons. The highest BCUT2D eigenvalue weighted by atomic mass is 16.3. The predicted octanol–water partition coefficient (Wildman–Crippen LogP) is 3.16. The smallest absolute Gasteiger partial charge is 0.166 e. The van der Waals surface area contributed by atoms with Crippen molar-refractivity contribution in [1.29, 1.82) is 0 Å². The molecule has 1 aliphatic carbocycles. The Morgan fingerprint density at radius 3 is 2.71 bits per heavy atom. The van der Waals surface area contributed by atoms with E-state index in [9.17, 15) is 9.59 Å². The third-order valence-electron chi connectivity index (χ3n) is 4.20. The zero-order valence-corrected chi connectivity index (χ0v) is 12.4. The Hall–Kier alpha value is -1.74. The van der Waals surface area contributed by atoms with Crippen molar-refractivity contribution in [3.8, 4) is 0 Å². The van der Waals surface area contributed by atoms with Crippen LogP contribution < -0.4 is 0 Å². The predicted molar refractivity (Wildman–Crippen MR) is 82.5 cm³/mol. The minimum absolute atomic E-state index is 0.0205. The minimum Gasteiger partial charge on any atom is -0.392 e. The van der Waals surface area contributed by atoms with E-state index in [1.807, 2.05) is 24.3 Å². The second-order valence-electron chi connectivity index (χ2n) is 5.83. The molecule has 0 heterocycles. The van der Waals surface area contributed by atoms with E-state index in [1.54, 1.807) is 6.08 Å². The Labute approximate surface area is 125 Å². The van der Waals surface area contributed by atoms with Crippen LogP contribution in [0.1, 0.15) is 43.7 Å². The Bertz CT molecular complexity index is 541. The first-order valence-corrected chi connectivity index (χ1v) is 7.52. The molecule has 1 N–H and O–H groups in total. The van der Waals surface area contributed by atoms with Crippen molar-refractivity contribution in [3.05, 3.63) is 41.5 Å². The molecule has 21 heavy (non-hydrogen) atoms. The topological polar surface area (TPSA) is 54.4 Å². The van der Waals surface area contributed by atoms with Crippen molar-refractivity contribution < 1.29 is 14.7 Å². The number of aliphatic hydroxyl groups is 1. The second-order valence-corrected chi connectivity index (χ2v) is 5.83. The van der Waals surface area contributed by atoms with Crippen LogP contribution in [0.3, 0.4) is 0 Å². The van der Waals surface area contributed by atoms with Gasteiger partial charge in [-0.3, -0.25) is 9.59 Å². The molecule has 0 spiro atoms. The molecule has 112 valence electrons. The Morgan fingerprint density at radius 2 is 2.14 bits per heavy atom. The van der Waals surface area contributed by atoms with Gasteiger partial charge in [0.2, 0.25) is 0 Å². The van der Waals surface area contributed by atoms with E-state index in [1.165, 1.54) is 19.4 Å². The van der Waals surface area contributed by atoms with Crippen LogP contribution in [0.25, 0.3) is 6.08 Å². The second kappa shape index (κ2) is 7.32. The first kappa shape index (κ1) is 15.6. The van der Waals surface area contributed by atoms with Gasteiger partial charge in [0.25, 0.3) is 0 Å². The fourth-order valence-electron chi connectivity index (χ4n) is 2.63. The van der Waals surface area contributed by atoms with Gasteiger partial charge in [0.05, 0.1) is 12.5 Å². The number of carbonyl (C=O) groups is 2. The normalized spacial score (nSPS) is 16.7. The van der Waals surface area contributed by atoms with Crippen molar-refractivity contribution in [2.45, 2.75) is 39.2 Å². The third-order valence-corrected chi connectivity index (χ3v) is 4.20. The lowest BCUT2D eigenvalue weighted by Crippen LogP contribution is -2.26. The van der Waals surface area contributed by atoms with Crippen molar-refractivity contribution in [2.75, 3.05) is 0 Å². The van der Waals surface area contributed by atoms with Crippen LogP contribution in [-0.2, 0) is 16.2 Å². The molecular weight excluding hydrogens is 264 g/mol. The van der Waals surface area contributed by atoms with Crippen LogP contribution in [-0.4, -0.2) is 16.7 Å². The number of Topliss-reactive ketones (excluding diaryl/α,β-unsaturated/α-hetero) is 1. The summed E-state index contributed by atoms with van der Waals surface area (Å²) in [5, 5.41) is 9.10. The average molecular weight is 286 g/mol. The van der Waals surface area contributed by atoms with Crippen LogP contribution in [0.15, 0.2) is 30.3 Å². The molecule has 0 saturated heterocycles. The first-order chi connectivity index (χ1) is 10.1. The zero-order chi connectivity index (χ0) is 15.2. The number of hydrogen-bond acceptors (Lipinski definition) is 3. The molecule has 1 aromatic rings. The summed E-state index contributed by atoms with van der Waals surface area (Å²) >= 11 is 0. The number of ketones is 2. The zero-order valence-electron chi connectivity index (χ0n) is 12.4. The van der Waals surface area contributed by atoms with Gasteiger partial charge in [-0.1, -0.05) is 43.5 Å². The SMILES string of the molecule is CC(=O)C(CC1CCC1)C(=O)/C=C/c1cccc(CO)c1. The van der Waals surface area contributed by atoms with E-state index < -0.39 is 5.92 Å². The number of allylic oxidation sites excluding steroid dienone is 1. The molecule has 1 atom stereocenters. The molecule has 1 fully saturated rings. The number of hydrogen-bond donors (Lipinski definition) is 1. The van der Waals surface area contributed by atoms with Crippen molar-refractivity contribution in [1.82, 2.24) is 0 Å². The summed E-state index contributed by atoms with van der Waals surface area (Å²) in [6.07, 6.45) is 7.40. The number of rotatable bonds is 7. The van der Waals surface area contributed by atoms with Crippen molar-refractivity contribution >= 4 is 17.6 Å². The molecule has 0 amide bonds. The number of carbonyl (C=O) groups excluding carboxylic acids is 2. The van der Waals surface area contributed by atoms with Crippen LogP contribution in [0.2, 0.25) is 0 Å². The van der Waals surface area contributed by atoms with Crippen LogP contribution in [0, 0.1) is 11.8 Å². The van der Waals surface area contributed by atoms with Gasteiger partial charge in [-0.15, -0.1) is 0 Å². The van der Waals surface area contributed by atoms with Gasteiger partial charge in [-0.2, -0.15) is 0 Å². The largest absolute Gasteiger partial charge is 0.392 e. The van der Waals surface area contributed by atoms with Crippen molar-refractivity contribution in [3.63, 3.8) is 0 Å². The first-order valence-electron chi connectivity index (χ1n) is 7.52. The molecule has 2 rings (SSSR count). The lowest BCUT2D eigenvalue weighted by atomic mass is 9.77. The standard InChI is InChI=1S/C18H22O3/c1-13(20)17(11-14-4-2-5-14)18(21)9-8-15-6-3-7-16(10-15)12-19/h3,6-10,14,17,19H,2,4-5,11-12H2,1H3/b9-8+. The molecule has 1 saturated carbocycles. The van der Waals surface area contributed by atoms with Gasteiger partial charge in [-0.05, 0) is 42.5 Å². The van der Waals surface area contributed by atoms with Crippen LogP contribution in [0.5, 0.6) is 0 Å². The molecule has 3 heteroatoms. The summed E-state index contributed by atoms with van der Waals surface area (Å²) in [5.74, 6) is -0.106. The Morgan fingerprint density at radius 1 is 1.38 bits per heavy atom. The lowest BCUT2D eigenvalue weighted by Gasteiger charge is -2.27. The molecule has 1 aliphatic rings. The van der Waals surface area contributed by atoms with E-state index in [2.05, 4.69) is 0 Å². The van der Waals surface area contributed by atoms with Gasteiger partial charge in [0, 0.05) is 0 Å². The summed E-state index contributed by atoms with van der Waals surface area (Å²) in [6, 6.07) is 7.37. The van der Waals surface area contributed by atoms with E-state index in [-0.39, 0.29) is 18.2 Å². The lowest BCUT2D eigenvalue weighted by molar-refractivity contribution is -0.129. The maximum atomic E-state index is 12.2. The van der Waals surface area contributed by atoms with E-state index >= 15 is 0 Å². The molecule has 0 aliphatic heterocycles. The fraction of sp³-hybridized carbons (Fsp3) is 0.444. The molecule has 3 nitrogen and oxygen atoms in total. The van der Waals surface area contributed by atoms with Crippen molar-refractivity contribution in [2.24, 2.45) is 11.8 Å². The van der Waals surface area contributed by atoms with E-state index in [0.29, 0.717) is 12.3 Å². The summed E-state index contributed by atoms with van der Waals surface area (Å²) in [6.45, 7) is 1.48. The van der Waals surface area contributed by atoms with Gasteiger partial charge in [-0.25, -0.2) is 0 Å². The summed E-state index contributed by atoms with van der Waals surface area (Å²) in [5.41, 5.74) is 1.67. The molecule has 0 bridgehead atoms. The monoisotopic (exact) mass is 286 g/mol. The summed E-state index contributed by atoms with van der Waals surface area (Å²) in [4.78, 5) is 23.9. The van der Waals surface area contributed by atoms with Gasteiger partial charge in [0.15, 0.2) is 5.78 Å². The van der Waals surface area contributed by atoms with Crippen LogP contribution >= 0.6 is 0 Å².